The summed E-state index contributed by atoms with van der Waals surface area (Å²) in [5.74, 6) is -0.879. The lowest BCUT2D eigenvalue weighted by Crippen LogP contribution is -2.63. The predicted octanol–water partition coefficient (Wildman–Crippen LogP) is 0.263. The number of ketones is 1. The fraction of sp³-hybridized carbons (Fsp3) is 0.444. The molecule has 0 aromatic heterocycles. The minimum atomic E-state index is -4.79. The van der Waals surface area contributed by atoms with Crippen molar-refractivity contribution >= 4 is 5.78 Å². The zero-order valence-electron chi connectivity index (χ0n) is 9.19. The lowest BCUT2D eigenvalue weighted by Gasteiger charge is -2.31. The number of carbonyl (C=O) groups is 1. The molecule has 2 unspecified atom stereocenters. The molecule has 0 aromatic rings. The van der Waals surface area contributed by atoms with E-state index in [9.17, 15) is 28.1 Å². The molecule has 0 bridgehead atoms. The largest absolute Gasteiger partial charge is 0.416 e. The van der Waals surface area contributed by atoms with Crippen LogP contribution < -0.4 is 11.5 Å². The number of Topliss-reactive ketones (excluding diaryl/α,β-unsaturated/α-hetero) is 1. The van der Waals surface area contributed by atoms with Gasteiger partial charge in [-0.05, 0) is 6.92 Å². The number of nitro groups is 1. The number of hydrogen-bond acceptors (Lipinski definition) is 5. The minimum Gasteiger partial charge on any atom is -0.322 e. The van der Waals surface area contributed by atoms with Crippen LogP contribution in [-0.2, 0) is 4.79 Å². The number of rotatable bonds is 2. The van der Waals surface area contributed by atoms with Crippen LogP contribution in [0.5, 0.6) is 0 Å². The van der Waals surface area contributed by atoms with Crippen LogP contribution in [0.4, 0.5) is 13.2 Å². The summed E-state index contributed by atoms with van der Waals surface area (Å²) >= 11 is 0. The van der Waals surface area contributed by atoms with Crippen LogP contribution in [-0.4, -0.2) is 28.5 Å². The van der Waals surface area contributed by atoms with Crippen molar-refractivity contribution in [2.45, 2.75) is 24.7 Å². The summed E-state index contributed by atoms with van der Waals surface area (Å²) in [6.45, 7) is 0.934. The van der Waals surface area contributed by atoms with Gasteiger partial charge in [-0.1, -0.05) is 6.08 Å². The molecule has 1 aliphatic rings. The zero-order valence-corrected chi connectivity index (χ0v) is 9.19. The number of alkyl halides is 3. The molecule has 1 rings (SSSR count). The first-order valence-corrected chi connectivity index (χ1v) is 4.72. The summed E-state index contributed by atoms with van der Waals surface area (Å²) < 4.78 is 37.5. The van der Waals surface area contributed by atoms with E-state index in [0.717, 1.165) is 6.92 Å². The van der Waals surface area contributed by atoms with Crippen LogP contribution in [0.3, 0.4) is 0 Å². The molecule has 9 heteroatoms. The summed E-state index contributed by atoms with van der Waals surface area (Å²) in [7, 11) is 0. The molecule has 0 saturated carbocycles. The number of carbonyl (C=O) groups excluding carboxylic acids is 1. The van der Waals surface area contributed by atoms with E-state index < -0.39 is 39.7 Å². The van der Waals surface area contributed by atoms with Crippen molar-refractivity contribution in [3.8, 4) is 0 Å². The van der Waals surface area contributed by atoms with Gasteiger partial charge in [-0.2, -0.15) is 13.2 Å². The number of allylic oxidation sites excluding steroid dienone is 2. The van der Waals surface area contributed by atoms with Crippen molar-refractivity contribution in [1.29, 1.82) is 0 Å². The van der Waals surface area contributed by atoms with Crippen molar-refractivity contribution in [3.05, 3.63) is 33.5 Å². The summed E-state index contributed by atoms with van der Waals surface area (Å²) in [6, 6.07) is -1.61. The molecule has 0 aliphatic heterocycles. The highest BCUT2D eigenvalue weighted by molar-refractivity contribution is 5.91. The molecule has 0 amide bonds. The average molecular weight is 265 g/mol. The van der Waals surface area contributed by atoms with E-state index in [2.05, 4.69) is 0 Å². The lowest BCUT2D eigenvalue weighted by molar-refractivity contribution is -0.433. The molecule has 6 nitrogen and oxygen atoms in total. The van der Waals surface area contributed by atoms with Gasteiger partial charge in [0.25, 0.3) is 5.70 Å². The highest BCUT2D eigenvalue weighted by Gasteiger charge is 2.52. The van der Waals surface area contributed by atoms with Crippen molar-refractivity contribution in [2.75, 3.05) is 0 Å². The van der Waals surface area contributed by atoms with E-state index in [1.165, 1.54) is 0 Å². The molecule has 100 valence electrons. The van der Waals surface area contributed by atoms with Gasteiger partial charge in [0.15, 0.2) is 11.3 Å². The van der Waals surface area contributed by atoms with Gasteiger partial charge in [0, 0.05) is 6.08 Å². The molecule has 18 heavy (non-hydrogen) atoms. The summed E-state index contributed by atoms with van der Waals surface area (Å²) in [5, 5.41) is 10.7. The zero-order chi connectivity index (χ0) is 14.3. The second-order valence-electron chi connectivity index (χ2n) is 3.86. The Bertz CT molecular complexity index is 469. The maximum atomic E-state index is 12.5. The lowest BCUT2D eigenvalue weighted by atomic mass is 9.79. The molecule has 1 aliphatic carbocycles. The quantitative estimate of drug-likeness (QED) is 0.549. The van der Waals surface area contributed by atoms with Crippen LogP contribution in [0.15, 0.2) is 23.4 Å². The Morgan fingerprint density at radius 2 is 2.06 bits per heavy atom. The maximum absolute atomic E-state index is 12.5. The third kappa shape index (κ3) is 2.14. The van der Waals surface area contributed by atoms with Crippen LogP contribution in [0.1, 0.15) is 6.92 Å². The number of nitrogens with two attached hydrogens (primary N) is 2. The minimum absolute atomic E-state index is 0.241. The number of hydrogen-bond donors (Lipinski definition) is 2. The molecule has 0 fully saturated rings. The Morgan fingerprint density at radius 3 is 2.39 bits per heavy atom. The maximum Gasteiger partial charge on any atom is 0.416 e. The van der Waals surface area contributed by atoms with E-state index in [0.29, 0.717) is 6.08 Å². The van der Waals surface area contributed by atoms with E-state index >= 15 is 0 Å². The first-order chi connectivity index (χ1) is 8.01. The Labute approximate surface area is 99.3 Å². The molecule has 0 saturated heterocycles. The van der Waals surface area contributed by atoms with Crippen LogP contribution in [0, 0.1) is 10.1 Å². The van der Waals surface area contributed by atoms with Crippen LogP contribution >= 0.6 is 0 Å². The number of halogens is 3. The second kappa shape index (κ2) is 4.18. The Balaban J connectivity index is 3.43. The van der Waals surface area contributed by atoms with Crippen molar-refractivity contribution in [1.82, 2.24) is 0 Å². The fourth-order valence-corrected chi connectivity index (χ4v) is 1.61. The molecule has 2 atom stereocenters. The average Bonchev–Trinajstić information content (AvgIpc) is 2.19. The third-order valence-corrected chi connectivity index (χ3v) is 2.71. The van der Waals surface area contributed by atoms with E-state index in [4.69, 9.17) is 11.5 Å². The standard InChI is InChI=1S/C9H10F3N3O3/c1-4(16)8(14)6(13)2-5(9(10,11)12)3-7(8)15(17)18/h2-3,6H,13-14H2,1H3. The van der Waals surface area contributed by atoms with Gasteiger partial charge < -0.3 is 11.5 Å². The highest BCUT2D eigenvalue weighted by Crippen LogP contribution is 2.35. The van der Waals surface area contributed by atoms with E-state index in [1.807, 2.05) is 0 Å². The number of nitrogens with zero attached hydrogens (tertiary/aromatic N) is 1. The highest BCUT2D eigenvalue weighted by atomic mass is 19.4. The molecular formula is C9H10F3N3O3. The SMILES string of the molecule is CC(=O)C1(N)C([N+](=O)[O-])=CC(C(F)(F)F)=CC1N. The van der Waals surface area contributed by atoms with Gasteiger partial charge in [0.1, 0.15) is 0 Å². The van der Waals surface area contributed by atoms with E-state index in [1.54, 1.807) is 0 Å². The smallest absolute Gasteiger partial charge is 0.322 e. The van der Waals surface area contributed by atoms with Crippen molar-refractivity contribution in [2.24, 2.45) is 11.5 Å². The van der Waals surface area contributed by atoms with Crippen molar-refractivity contribution in [3.63, 3.8) is 0 Å². The Kier molecular flexibility index (Phi) is 3.32. The van der Waals surface area contributed by atoms with Crippen molar-refractivity contribution < 1.29 is 22.9 Å². The molecule has 4 N–H and O–H groups in total. The first-order valence-electron chi connectivity index (χ1n) is 4.72. The summed E-state index contributed by atoms with van der Waals surface area (Å²) in [6.07, 6.45) is -4.05. The topological polar surface area (TPSA) is 112 Å². The molecule has 0 radical (unpaired) electrons. The van der Waals surface area contributed by atoms with Gasteiger partial charge in [0.05, 0.1) is 16.5 Å². The van der Waals surface area contributed by atoms with Gasteiger partial charge in [0.2, 0.25) is 0 Å². The Hall–Kier alpha value is -1.74. The van der Waals surface area contributed by atoms with E-state index in [-0.39, 0.29) is 6.08 Å². The third-order valence-electron chi connectivity index (χ3n) is 2.71. The normalized spacial score (nSPS) is 28.4. The van der Waals surface area contributed by atoms with Gasteiger partial charge in [-0.3, -0.25) is 14.9 Å². The first kappa shape index (κ1) is 14.3. The fourth-order valence-electron chi connectivity index (χ4n) is 1.61. The van der Waals surface area contributed by atoms with Crippen LogP contribution in [0.2, 0.25) is 0 Å². The van der Waals surface area contributed by atoms with Crippen LogP contribution in [0.25, 0.3) is 0 Å². The van der Waals surface area contributed by atoms with Gasteiger partial charge in [-0.15, -0.1) is 0 Å². The predicted molar refractivity (Wildman–Crippen MR) is 54.8 cm³/mol. The molecule has 0 aromatic carbocycles. The molecule has 0 heterocycles. The Morgan fingerprint density at radius 1 is 1.56 bits per heavy atom. The molecular weight excluding hydrogens is 255 g/mol. The monoisotopic (exact) mass is 265 g/mol. The van der Waals surface area contributed by atoms with Gasteiger partial charge >= 0.3 is 6.18 Å². The summed E-state index contributed by atoms with van der Waals surface area (Å²) in [5.41, 5.74) is 6.26. The second-order valence-corrected chi connectivity index (χ2v) is 3.86. The van der Waals surface area contributed by atoms with Gasteiger partial charge in [-0.25, -0.2) is 0 Å². The summed E-state index contributed by atoms with van der Waals surface area (Å²) in [4.78, 5) is 21.0. The molecule has 0 spiro atoms.